The predicted molar refractivity (Wildman–Crippen MR) is 131 cm³/mol. The Balaban J connectivity index is 1.61. The van der Waals surface area contributed by atoms with E-state index < -0.39 is 12.5 Å². The van der Waals surface area contributed by atoms with Crippen LogP contribution >= 0.6 is 0 Å². The van der Waals surface area contributed by atoms with Crippen molar-refractivity contribution in [1.82, 2.24) is 10.3 Å². The van der Waals surface area contributed by atoms with Gasteiger partial charge in [-0.15, -0.1) is 13.2 Å². The maximum atomic E-state index is 12.4. The molecule has 0 radical (unpaired) electrons. The quantitative estimate of drug-likeness (QED) is 0.381. The molecule has 10 heteroatoms. The van der Waals surface area contributed by atoms with Crippen LogP contribution in [0.4, 0.5) is 24.7 Å². The molecule has 3 aromatic rings. The van der Waals surface area contributed by atoms with Crippen LogP contribution in [0.2, 0.25) is 0 Å². The molecule has 192 valence electrons. The molecule has 4 N–H and O–H groups in total. The normalized spacial score (nSPS) is 13.2. The van der Waals surface area contributed by atoms with Gasteiger partial charge >= 0.3 is 6.36 Å². The second-order valence-corrected chi connectivity index (χ2v) is 8.51. The molecule has 36 heavy (non-hydrogen) atoms. The molecule has 1 aromatic heterocycles. The first kappa shape index (κ1) is 27.0. The molecule has 0 saturated carbocycles. The number of alkyl halides is 3. The fourth-order valence-electron chi connectivity index (χ4n) is 3.69. The number of nitrogens with one attached hydrogen (secondary N) is 1. The molecule has 0 aliphatic heterocycles. The number of ether oxygens (including phenoxy) is 1. The number of pyridine rings is 1. The molecule has 0 aliphatic carbocycles. The van der Waals surface area contributed by atoms with Crippen molar-refractivity contribution < 1.29 is 27.8 Å². The molecule has 1 heterocycles. The van der Waals surface area contributed by atoms with Crippen molar-refractivity contribution in [3.8, 4) is 5.75 Å². The van der Waals surface area contributed by atoms with E-state index in [1.165, 1.54) is 31.2 Å². The number of rotatable bonds is 10. The van der Waals surface area contributed by atoms with Gasteiger partial charge in [-0.25, -0.2) is 4.98 Å². The Bertz CT molecular complexity index is 1140. The number of anilines is 2. The van der Waals surface area contributed by atoms with Crippen LogP contribution < -0.4 is 20.7 Å². The first-order valence-corrected chi connectivity index (χ1v) is 11.3. The Morgan fingerprint density at radius 3 is 2.47 bits per heavy atom. The number of carbonyl (C=O) groups is 1. The van der Waals surface area contributed by atoms with E-state index in [1.54, 1.807) is 23.2 Å². The minimum atomic E-state index is -4.76. The lowest BCUT2D eigenvalue weighted by atomic mass is 10.0. The largest absolute Gasteiger partial charge is 0.573 e. The molecule has 0 saturated heterocycles. The van der Waals surface area contributed by atoms with E-state index in [0.29, 0.717) is 35.6 Å². The number of nitrogens with two attached hydrogens (primary N) is 1. The van der Waals surface area contributed by atoms with Gasteiger partial charge in [0.1, 0.15) is 11.6 Å². The summed E-state index contributed by atoms with van der Waals surface area (Å²) in [5.41, 5.74) is 8.57. The molecule has 0 aliphatic rings. The van der Waals surface area contributed by atoms with Crippen LogP contribution in [-0.4, -0.2) is 34.9 Å². The van der Waals surface area contributed by atoms with Crippen LogP contribution in [-0.2, 0) is 17.8 Å². The molecule has 2 atom stereocenters. The number of hydrogen-bond donors (Lipinski definition) is 3. The topological polar surface area (TPSA) is 101 Å². The van der Waals surface area contributed by atoms with E-state index in [-0.39, 0.29) is 24.2 Å². The van der Waals surface area contributed by atoms with Crippen LogP contribution in [0.5, 0.6) is 5.75 Å². The highest BCUT2D eigenvalue weighted by atomic mass is 19.4. The standard InChI is InChI=1S/C26H29F3N4O3/c1-17(31-15-24(35)21-8-11-25(30)32-14-21)12-20-4-3-5-22(13-20)33(18(2)34)16-19-6-9-23(10-7-19)36-26(27,28)29/h3-11,13-14,17,24,31,35H,12,15-16H2,1-2H3,(H2,30,32)/t17?,24-/m0/s1. The third-order valence-electron chi connectivity index (χ3n) is 5.50. The van der Waals surface area contributed by atoms with Gasteiger partial charge in [0, 0.05) is 37.0 Å². The number of carbonyl (C=O) groups excluding carboxylic acids is 1. The van der Waals surface area contributed by atoms with Crippen molar-refractivity contribution in [2.75, 3.05) is 17.2 Å². The number of benzene rings is 2. The number of aromatic nitrogens is 1. The van der Waals surface area contributed by atoms with Crippen molar-refractivity contribution in [2.24, 2.45) is 0 Å². The fraction of sp³-hybridized carbons (Fsp3) is 0.308. The van der Waals surface area contributed by atoms with Crippen molar-refractivity contribution in [2.45, 2.75) is 45.3 Å². The number of hydrogen-bond acceptors (Lipinski definition) is 6. The van der Waals surface area contributed by atoms with Crippen LogP contribution in [0.25, 0.3) is 0 Å². The monoisotopic (exact) mass is 502 g/mol. The average Bonchev–Trinajstić information content (AvgIpc) is 2.81. The summed E-state index contributed by atoms with van der Waals surface area (Å²) in [5, 5.41) is 13.7. The first-order chi connectivity index (χ1) is 17.0. The molecular formula is C26H29F3N4O3. The number of nitrogen functional groups attached to an aromatic ring is 1. The number of amides is 1. The van der Waals surface area contributed by atoms with Gasteiger partial charge in [-0.3, -0.25) is 4.79 Å². The second-order valence-electron chi connectivity index (χ2n) is 8.51. The summed E-state index contributed by atoms with van der Waals surface area (Å²) in [6.45, 7) is 3.96. The SMILES string of the molecule is CC(=O)N(Cc1ccc(OC(F)(F)F)cc1)c1cccc(CC(C)NC[C@H](O)c2ccc(N)nc2)c1. The van der Waals surface area contributed by atoms with Crippen molar-refractivity contribution >= 4 is 17.4 Å². The highest BCUT2D eigenvalue weighted by Crippen LogP contribution is 2.25. The van der Waals surface area contributed by atoms with E-state index in [4.69, 9.17) is 5.73 Å². The lowest BCUT2D eigenvalue weighted by Gasteiger charge is -2.23. The summed E-state index contributed by atoms with van der Waals surface area (Å²) < 4.78 is 41.1. The Morgan fingerprint density at radius 2 is 1.86 bits per heavy atom. The maximum absolute atomic E-state index is 12.4. The molecule has 0 spiro atoms. The minimum absolute atomic E-state index is 0.0311. The number of aliphatic hydroxyl groups is 1. The van der Waals surface area contributed by atoms with Crippen molar-refractivity contribution in [3.05, 3.63) is 83.6 Å². The molecule has 3 rings (SSSR count). The minimum Gasteiger partial charge on any atom is -0.406 e. The van der Waals surface area contributed by atoms with Gasteiger partial charge < -0.3 is 25.8 Å². The summed E-state index contributed by atoms with van der Waals surface area (Å²) in [6, 6.07) is 16.3. The predicted octanol–water partition coefficient (Wildman–Crippen LogP) is 4.37. The van der Waals surface area contributed by atoms with E-state index in [9.17, 15) is 23.1 Å². The molecule has 2 aromatic carbocycles. The van der Waals surface area contributed by atoms with Crippen LogP contribution in [0.15, 0.2) is 66.9 Å². The molecular weight excluding hydrogens is 473 g/mol. The van der Waals surface area contributed by atoms with Gasteiger partial charge in [0.2, 0.25) is 5.91 Å². The van der Waals surface area contributed by atoms with Crippen molar-refractivity contribution in [1.29, 1.82) is 0 Å². The third-order valence-corrected chi connectivity index (χ3v) is 5.50. The fourth-order valence-corrected chi connectivity index (χ4v) is 3.69. The van der Waals surface area contributed by atoms with Crippen molar-refractivity contribution in [3.63, 3.8) is 0 Å². The maximum Gasteiger partial charge on any atom is 0.573 e. The molecule has 1 amide bonds. The molecule has 0 bridgehead atoms. The zero-order valence-corrected chi connectivity index (χ0v) is 20.0. The number of halogens is 3. The Hall–Kier alpha value is -3.63. The Labute approximate surface area is 207 Å². The lowest BCUT2D eigenvalue weighted by Crippen LogP contribution is -2.32. The molecule has 7 nitrogen and oxygen atoms in total. The van der Waals surface area contributed by atoms with Gasteiger partial charge in [-0.2, -0.15) is 0 Å². The van der Waals surface area contributed by atoms with Gasteiger partial charge in [-0.1, -0.05) is 30.3 Å². The smallest absolute Gasteiger partial charge is 0.406 e. The van der Waals surface area contributed by atoms with E-state index in [0.717, 1.165) is 5.56 Å². The zero-order chi connectivity index (χ0) is 26.3. The lowest BCUT2D eigenvalue weighted by molar-refractivity contribution is -0.274. The summed E-state index contributed by atoms with van der Waals surface area (Å²) in [4.78, 5) is 17.9. The summed E-state index contributed by atoms with van der Waals surface area (Å²) in [7, 11) is 0. The second kappa shape index (κ2) is 11.9. The Kier molecular flexibility index (Phi) is 8.89. The van der Waals surface area contributed by atoms with Gasteiger partial charge in [0.25, 0.3) is 0 Å². The summed E-state index contributed by atoms with van der Waals surface area (Å²) in [5.74, 6) is -0.129. The zero-order valence-electron chi connectivity index (χ0n) is 20.0. The average molecular weight is 503 g/mol. The first-order valence-electron chi connectivity index (χ1n) is 11.3. The van der Waals surface area contributed by atoms with Gasteiger partial charge in [0.05, 0.1) is 12.6 Å². The van der Waals surface area contributed by atoms with E-state index in [2.05, 4.69) is 15.0 Å². The highest BCUT2D eigenvalue weighted by Gasteiger charge is 2.31. The van der Waals surface area contributed by atoms with Crippen LogP contribution in [0.1, 0.15) is 36.6 Å². The molecule has 0 fully saturated rings. The van der Waals surface area contributed by atoms with Gasteiger partial charge in [0.15, 0.2) is 0 Å². The molecule has 1 unspecified atom stereocenters. The van der Waals surface area contributed by atoms with Gasteiger partial charge in [-0.05, 0) is 54.8 Å². The van der Waals surface area contributed by atoms with E-state index >= 15 is 0 Å². The third kappa shape index (κ3) is 8.24. The number of aliphatic hydroxyl groups excluding tert-OH is 1. The van der Waals surface area contributed by atoms with Crippen LogP contribution in [0, 0.1) is 0 Å². The number of nitrogens with zero attached hydrogens (tertiary/aromatic N) is 2. The highest BCUT2D eigenvalue weighted by molar-refractivity contribution is 5.91. The summed E-state index contributed by atoms with van der Waals surface area (Å²) >= 11 is 0. The van der Waals surface area contributed by atoms with Crippen LogP contribution in [0.3, 0.4) is 0 Å². The Morgan fingerprint density at radius 1 is 1.14 bits per heavy atom. The summed E-state index contributed by atoms with van der Waals surface area (Å²) in [6.07, 6.45) is -3.29. The van der Waals surface area contributed by atoms with E-state index in [1.807, 2.05) is 31.2 Å².